The molecule has 2 aromatic carbocycles. The SMILES string of the molecule is C=C1CCC(N2Cc3cc(CCC(=O)Cc4ccc(OCCN5CCOCC5)c(C)c4)ccc3C2=O)C(=O)N1. The topological polar surface area (TPSA) is 88.2 Å². The van der Waals surface area contributed by atoms with Crippen molar-refractivity contribution in [3.8, 4) is 5.75 Å². The number of ether oxygens (including phenoxy) is 2. The first kappa shape index (κ1) is 27.1. The fraction of sp³-hybridized carbons (Fsp3) is 0.452. The average Bonchev–Trinajstić information content (AvgIpc) is 3.24. The summed E-state index contributed by atoms with van der Waals surface area (Å²) in [6.07, 6.45) is 2.70. The van der Waals surface area contributed by atoms with E-state index in [9.17, 15) is 14.4 Å². The van der Waals surface area contributed by atoms with Crippen LogP contribution in [0.2, 0.25) is 0 Å². The third-order valence-corrected chi connectivity index (χ3v) is 7.80. The Morgan fingerprint density at radius 3 is 2.69 bits per heavy atom. The van der Waals surface area contributed by atoms with Gasteiger partial charge in [-0.05, 0) is 60.6 Å². The van der Waals surface area contributed by atoms with Gasteiger partial charge in [-0.3, -0.25) is 19.3 Å². The number of hydrogen-bond donors (Lipinski definition) is 1. The number of benzene rings is 2. The Bertz CT molecular complexity index is 1270. The van der Waals surface area contributed by atoms with Crippen LogP contribution < -0.4 is 10.1 Å². The fourth-order valence-corrected chi connectivity index (χ4v) is 5.56. The van der Waals surface area contributed by atoms with E-state index >= 15 is 0 Å². The van der Waals surface area contributed by atoms with Crippen LogP contribution in [-0.2, 0) is 33.7 Å². The zero-order chi connectivity index (χ0) is 27.4. The molecular formula is C31H37N3O5. The van der Waals surface area contributed by atoms with Crippen LogP contribution in [0, 0.1) is 6.92 Å². The zero-order valence-electron chi connectivity index (χ0n) is 22.7. The lowest BCUT2D eigenvalue weighted by Crippen LogP contribution is -2.49. The Kier molecular flexibility index (Phi) is 8.43. The molecule has 0 saturated carbocycles. The van der Waals surface area contributed by atoms with Crippen LogP contribution in [0.4, 0.5) is 0 Å². The predicted octanol–water partition coefficient (Wildman–Crippen LogP) is 3.20. The summed E-state index contributed by atoms with van der Waals surface area (Å²) in [6.45, 7) is 11.2. The van der Waals surface area contributed by atoms with Gasteiger partial charge in [-0.1, -0.05) is 30.8 Å². The second-order valence-corrected chi connectivity index (χ2v) is 10.7. The predicted molar refractivity (Wildman–Crippen MR) is 148 cm³/mol. The number of carbonyl (C=O) groups is 3. The van der Waals surface area contributed by atoms with Crippen LogP contribution in [0.3, 0.4) is 0 Å². The molecule has 39 heavy (non-hydrogen) atoms. The highest BCUT2D eigenvalue weighted by molar-refractivity contribution is 6.01. The third-order valence-electron chi connectivity index (χ3n) is 7.80. The number of allylic oxidation sites excluding steroid dienone is 1. The van der Waals surface area contributed by atoms with E-state index in [0.29, 0.717) is 56.5 Å². The van der Waals surface area contributed by atoms with Gasteiger partial charge in [0.2, 0.25) is 5.91 Å². The lowest BCUT2D eigenvalue weighted by atomic mass is 9.99. The Morgan fingerprint density at radius 1 is 1.13 bits per heavy atom. The lowest BCUT2D eigenvalue weighted by molar-refractivity contribution is -0.126. The van der Waals surface area contributed by atoms with Crippen molar-refractivity contribution in [2.24, 2.45) is 0 Å². The molecule has 0 aromatic heterocycles. The number of nitrogens with zero attached hydrogens (tertiary/aromatic N) is 2. The van der Waals surface area contributed by atoms with Gasteiger partial charge in [0.25, 0.3) is 5.91 Å². The summed E-state index contributed by atoms with van der Waals surface area (Å²) in [6, 6.07) is 11.3. The van der Waals surface area contributed by atoms with Crippen molar-refractivity contribution in [2.45, 2.75) is 51.6 Å². The molecular weight excluding hydrogens is 494 g/mol. The highest BCUT2D eigenvalue weighted by Gasteiger charge is 2.38. The van der Waals surface area contributed by atoms with Crippen molar-refractivity contribution >= 4 is 17.6 Å². The van der Waals surface area contributed by atoms with E-state index in [0.717, 1.165) is 60.9 Å². The molecule has 0 radical (unpaired) electrons. The van der Waals surface area contributed by atoms with E-state index < -0.39 is 6.04 Å². The van der Waals surface area contributed by atoms with Gasteiger partial charge in [0.05, 0.1) is 13.2 Å². The standard InChI is InChI=1S/C31H37N3O5/c1-21-17-24(6-10-29(21)39-16-13-33-11-14-38-15-12-33)19-26(35)7-4-23-5-8-27-25(18-23)20-34(31(27)37)28-9-3-22(2)32-30(28)36/h5-6,8,10,17-18,28H,2-4,7,9,11-16,19-20H2,1H3,(H,32,36). The summed E-state index contributed by atoms with van der Waals surface area (Å²) in [4.78, 5) is 42.1. The Morgan fingerprint density at radius 2 is 1.92 bits per heavy atom. The van der Waals surface area contributed by atoms with Crippen molar-refractivity contribution in [2.75, 3.05) is 39.5 Å². The molecule has 3 aliphatic rings. The molecule has 8 heteroatoms. The number of fused-ring (bicyclic) bond motifs is 1. The van der Waals surface area contributed by atoms with E-state index in [4.69, 9.17) is 9.47 Å². The molecule has 206 valence electrons. The molecule has 2 aromatic rings. The van der Waals surface area contributed by atoms with Gasteiger partial charge < -0.3 is 19.7 Å². The largest absolute Gasteiger partial charge is 0.492 e. The minimum atomic E-state index is -0.467. The molecule has 0 bridgehead atoms. The number of aryl methyl sites for hydroxylation is 2. The number of carbonyl (C=O) groups excluding carboxylic acids is 3. The summed E-state index contributed by atoms with van der Waals surface area (Å²) in [5.41, 5.74) is 5.31. The number of morpholine rings is 1. The number of rotatable bonds is 10. The molecule has 0 spiro atoms. The van der Waals surface area contributed by atoms with Gasteiger partial charge in [0.15, 0.2) is 0 Å². The lowest BCUT2D eigenvalue weighted by Gasteiger charge is -2.30. The smallest absolute Gasteiger partial charge is 0.255 e. The van der Waals surface area contributed by atoms with Crippen molar-refractivity contribution in [1.29, 1.82) is 0 Å². The quantitative estimate of drug-likeness (QED) is 0.507. The molecule has 8 nitrogen and oxygen atoms in total. The van der Waals surface area contributed by atoms with Crippen LogP contribution in [0.5, 0.6) is 5.75 Å². The van der Waals surface area contributed by atoms with Gasteiger partial charge in [-0.15, -0.1) is 0 Å². The summed E-state index contributed by atoms with van der Waals surface area (Å²) in [5, 5.41) is 2.77. The molecule has 2 saturated heterocycles. The minimum absolute atomic E-state index is 0.107. The number of hydrogen-bond acceptors (Lipinski definition) is 6. The maximum Gasteiger partial charge on any atom is 0.255 e. The minimum Gasteiger partial charge on any atom is -0.492 e. The first-order chi connectivity index (χ1) is 18.9. The van der Waals surface area contributed by atoms with E-state index in [1.807, 2.05) is 43.3 Å². The van der Waals surface area contributed by atoms with Gasteiger partial charge in [0, 0.05) is 50.3 Å². The van der Waals surface area contributed by atoms with E-state index in [1.54, 1.807) is 4.90 Å². The van der Waals surface area contributed by atoms with Crippen molar-refractivity contribution < 1.29 is 23.9 Å². The molecule has 3 heterocycles. The Hall–Kier alpha value is -3.49. The van der Waals surface area contributed by atoms with E-state index in [1.165, 1.54) is 0 Å². The van der Waals surface area contributed by atoms with E-state index in [-0.39, 0.29) is 17.6 Å². The second kappa shape index (κ2) is 12.1. The highest BCUT2D eigenvalue weighted by atomic mass is 16.5. The average molecular weight is 532 g/mol. The van der Waals surface area contributed by atoms with Crippen LogP contribution in [0.1, 0.15) is 51.9 Å². The number of piperidine rings is 1. The van der Waals surface area contributed by atoms with Gasteiger partial charge in [-0.2, -0.15) is 0 Å². The normalized spacial score (nSPS) is 19.7. The second-order valence-electron chi connectivity index (χ2n) is 10.7. The summed E-state index contributed by atoms with van der Waals surface area (Å²) in [5.74, 6) is 0.759. The van der Waals surface area contributed by atoms with Gasteiger partial charge in [0.1, 0.15) is 24.2 Å². The Labute approximate surface area is 229 Å². The zero-order valence-corrected chi connectivity index (χ0v) is 22.7. The van der Waals surface area contributed by atoms with E-state index in [2.05, 4.69) is 16.8 Å². The molecule has 0 aliphatic carbocycles. The number of nitrogens with one attached hydrogen (secondary N) is 1. The summed E-state index contributed by atoms with van der Waals surface area (Å²) in [7, 11) is 0. The summed E-state index contributed by atoms with van der Waals surface area (Å²) >= 11 is 0. The van der Waals surface area contributed by atoms with Crippen LogP contribution in [0.25, 0.3) is 0 Å². The molecule has 1 unspecified atom stereocenters. The Balaban J connectivity index is 1.10. The number of amides is 2. The first-order valence-corrected chi connectivity index (χ1v) is 13.8. The van der Waals surface area contributed by atoms with Crippen LogP contribution >= 0.6 is 0 Å². The first-order valence-electron chi connectivity index (χ1n) is 13.8. The van der Waals surface area contributed by atoms with Crippen molar-refractivity contribution in [3.63, 3.8) is 0 Å². The molecule has 1 N–H and O–H groups in total. The van der Waals surface area contributed by atoms with Crippen molar-refractivity contribution in [1.82, 2.24) is 15.1 Å². The summed E-state index contributed by atoms with van der Waals surface area (Å²) < 4.78 is 11.4. The van der Waals surface area contributed by atoms with Gasteiger partial charge >= 0.3 is 0 Å². The number of ketones is 1. The molecule has 2 fully saturated rings. The van der Waals surface area contributed by atoms with Crippen LogP contribution in [-0.4, -0.2) is 72.9 Å². The highest BCUT2D eigenvalue weighted by Crippen LogP contribution is 2.29. The van der Waals surface area contributed by atoms with Gasteiger partial charge in [-0.25, -0.2) is 0 Å². The molecule has 2 amide bonds. The fourth-order valence-electron chi connectivity index (χ4n) is 5.56. The molecule has 1 atom stereocenters. The maximum absolute atomic E-state index is 12.9. The monoisotopic (exact) mass is 531 g/mol. The maximum atomic E-state index is 12.9. The molecule has 5 rings (SSSR count). The third kappa shape index (κ3) is 6.57. The van der Waals surface area contributed by atoms with Crippen molar-refractivity contribution in [3.05, 3.63) is 76.5 Å². The van der Waals surface area contributed by atoms with Crippen LogP contribution in [0.15, 0.2) is 48.7 Å². The molecule has 3 aliphatic heterocycles. The number of Topliss-reactive ketones (excluding diaryl/α,β-unsaturated/α-hetero) is 1.